The first-order chi connectivity index (χ1) is 9.75. The Morgan fingerprint density at radius 1 is 1.15 bits per heavy atom. The minimum absolute atomic E-state index is 0.811. The molecule has 0 saturated heterocycles. The third-order valence-corrected chi connectivity index (χ3v) is 3.75. The van der Waals surface area contributed by atoms with Gasteiger partial charge in [0.15, 0.2) is 5.82 Å². The zero-order valence-electron chi connectivity index (χ0n) is 10.9. The number of hydrogen-bond acceptors (Lipinski definition) is 3. The highest BCUT2D eigenvalue weighted by atomic mass is 79.9. The molecule has 0 saturated carbocycles. The molecule has 4 nitrogen and oxygen atoms in total. The van der Waals surface area contributed by atoms with Crippen molar-refractivity contribution in [3.8, 4) is 0 Å². The van der Waals surface area contributed by atoms with E-state index in [1.807, 2.05) is 60.1 Å². The molecule has 1 aromatic heterocycles. The Bertz CT molecular complexity index is 776. The van der Waals surface area contributed by atoms with Crippen LogP contribution in [0.2, 0.25) is 0 Å². The Hall–Kier alpha value is -2.14. The number of fused-ring (bicyclic) bond motifs is 1. The molecule has 3 aromatic rings. The van der Waals surface area contributed by atoms with E-state index in [1.54, 1.807) is 6.21 Å². The van der Waals surface area contributed by atoms with E-state index in [1.165, 1.54) is 0 Å². The quantitative estimate of drug-likeness (QED) is 0.587. The molecule has 0 aliphatic carbocycles. The van der Waals surface area contributed by atoms with Gasteiger partial charge in [0.1, 0.15) is 0 Å². The van der Waals surface area contributed by atoms with E-state index in [4.69, 9.17) is 0 Å². The summed E-state index contributed by atoms with van der Waals surface area (Å²) >= 11 is 3.47. The normalized spacial score (nSPS) is 11.3. The molecule has 0 unspecified atom stereocenters. The highest BCUT2D eigenvalue weighted by Gasteiger charge is 2.04. The van der Waals surface area contributed by atoms with Crippen LogP contribution >= 0.6 is 15.9 Å². The second-order valence-corrected chi connectivity index (χ2v) is 5.22. The van der Waals surface area contributed by atoms with Gasteiger partial charge in [-0.05, 0) is 40.2 Å². The van der Waals surface area contributed by atoms with Crippen LogP contribution in [0.4, 0.5) is 5.69 Å². The highest BCUT2D eigenvalue weighted by molar-refractivity contribution is 9.10. The zero-order chi connectivity index (χ0) is 13.9. The molecule has 0 spiro atoms. The number of benzene rings is 2. The molecule has 0 aliphatic rings. The van der Waals surface area contributed by atoms with E-state index < -0.39 is 0 Å². The molecule has 1 heterocycles. The van der Waals surface area contributed by atoms with Gasteiger partial charge in [-0.2, -0.15) is 5.10 Å². The van der Waals surface area contributed by atoms with Gasteiger partial charge >= 0.3 is 0 Å². The Balaban J connectivity index is 1.84. The van der Waals surface area contributed by atoms with Crippen LogP contribution < -0.4 is 5.43 Å². The fourth-order valence-electron chi connectivity index (χ4n) is 1.99. The molecule has 0 aliphatic heterocycles. The maximum atomic E-state index is 4.53. The third-order valence-electron chi connectivity index (χ3n) is 3.06. The SMILES string of the molecule is Cn1c(/C=N\Nc2ccccc2Br)nc2ccccc21. The molecule has 3 rings (SSSR count). The van der Waals surface area contributed by atoms with Gasteiger partial charge in [-0.15, -0.1) is 0 Å². The molecule has 0 amide bonds. The number of anilines is 1. The number of nitrogens with one attached hydrogen (secondary N) is 1. The summed E-state index contributed by atoms with van der Waals surface area (Å²) in [6.45, 7) is 0. The lowest BCUT2D eigenvalue weighted by Gasteiger charge is -2.02. The molecular formula is C15H13BrN4. The molecule has 20 heavy (non-hydrogen) atoms. The smallest absolute Gasteiger partial charge is 0.153 e. The van der Waals surface area contributed by atoms with Crippen LogP contribution in [0, 0.1) is 0 Å². The lowest BCUT2D eigenvalue weighted by Crippen LogP contribution is -1.98. The van der Waals surface area contributed by atoms with Crippen LogP contribution in [-0.4, -0.2) is 15.8 Å². The fourth-order valence-corrected chi connectivity index (χ4v) is 2.36. The number of para-hydroxylation sites is 3. The van der Waals surface area contributed by atoms with Crippen molar-refractivity contribution in [2.45, 2.75) is 0 Å². The number of rotatable bonds is 3. The summed E-state index contributed by atoms with van der Waals surface area (Å²) in [6.07, 6.45) is 1.72. The van der Waals surface area contributed by atoms with Gasteiger partial charge in [-0.1, -0.05) is 24.3 Å². The van der Waals surface area contributed by atoms with Crippen molar-refractivity contribution in [1.82, 2.24) is 9.55 Å². The van der Waals surface area contributed by atoms with Crippen LogP contribution in [0.15, 0.2) is 58.1 Å². The van der Waals surface area contributed by atoms with Crippen LogP contribution in [0.1, 0.15) is 5.82 Å². The molecule has 0 bridgehead atoms. The summed E-state index contributed by atoms with van der Waals surface area (Å²) in [5.74, 6) is 0.811. The van der Waals surface area contributed by atoms with E-state index in [9.17, 15) is 0 Å². The molecule has 0 fully saturated rings. The zero-order valence-corrected chi connectivity index (χ0v) is 12.5. The predicted molar refractivity (Wildman–Crippen MR) is 86.1 cm³/mol. The predicted octanol–water partition coefficient (Wildman–Crippen LogP) is 3.78. The Kier molecular flexibility index (Phi) is 3.52. The first-order valence-corrected chi connectivity index (χ1v) is 7.00. The fraction of sp³-hybridized carbons (Fsp3) is 0.0667. The number of aromatic nitrogens is 2. The van der Waals surface area contributed by atoms with Crippen LogP contribution in [0.25, 0.3) is 11.0 Å². The summed E-state index contributed by atoms with van der Waals surface area (Å²) in [6, 6.07) is 15.9. The van der Waals surface area contributed by atoms with Crippen molar-refractivity contribution < 1.29 is 0 Å². The minimum atomic E-state index is 0.811. The van der Waals surface area contributed by atoms with Crippen molar-refractivity contribution in [2.24, 2.45) is 12.1 Å². The molecule has 1 N–H and O–H groups in total. The summed E-state index contributed by atoms with van der Waals surface area (Å²) in [4.78, 5) is 4.53. The van der Waals surface area contributed by atoms with Gasteiger partial charge in [-0.25, -0.2) is 4.98 Å². The maximum absolute atomic E-state index is 4.53. The van der Waals surface area contributed by atoms with Gasteiger partial charge in [-0.3, -0.25) is 5.43 Å². The van der Waals surface area contributed by atoms with Crippen molar-refractivity contribution in [3.05, 3.63) is 58.8 Å². The highest BCUT2D eigenvalue weighted by Crippen LogP contribution is 2.21. The van der Waals surface area contributed by atoms with Crippen LogP contribution in [0.3, 0.4) is 0 Å². The van der Waals surface area contributed by atoms with E-state index in [0.29, 0.717) is 0 Å². The van der Waals surface area contributed by atoms with E-state index in [2.05, 4.69) is 31.4 Å². The largest absolute Gasteiger partial charge is 0.326 e. The number of nitrogens with zero attached hydrogens (tertiary/aromatic N) is 3. The number of halogens is 1. The number of hydrazone groups is 1. The lowest BCUT2D eigenvalue weighted by atomic mass is 10.3. The summed E-state index contributed by atoms with van der Waals surface area (Å²) in [5, 5.41) is 4.24. The minimum Gasteiger partial charge on any atom is -0.326 e. The van der Waals surface area contributed by atoms with Crippen molar-refractivity contribution >= 4 is 38.9 Å². The molecular weight excluding hydrogens is 316 g/mol. The average molecular weight is 329 g/mol. The Morgan fingerprint density at radius 2 is 1.90 bits per heavy atom. The average Bonchev–Trinajstić information content (AvgIpc) is 2.78. The van der Waals surface area contributed by atoms with Crippen molar-refractivity contribution in [1.29, 1.82) is 0 Å². The molecule has 2 aromatic carbocycles. The Labute approximate surface area is 125 Å². The Morgan fingerprint density at radius 3 is 2.70 bits per heavy atom. The summed E-state index contributed by atoms with van der Waals surface area (Å²) in [5.41, 5.74) is 5.98. The first kappa shape index (κ1) is 12.9. The molecule has 100 valence electrons. The van der Waals surface area contributed by atoms with E-state index >= 15 is 0 Å². The van der Waals surface area contributed by atoms with E-state index in [-0.39, 0.29) is 0 Å². The number of hydrogen-bond donors (Lipinski definition) is 1. The molecule has 0 atom stereocenters. The molecule has 5 heteroatoms. The molecule has 0 radical (unpaired) electrons. The van der Waals surface area contributed by atoms with E-state index in [0.717, 1.165) is 27.0 Å². The summed E-state index contributed by atoms with van der Waals surface area (Å²) in [7, 11) is 1.98. The summed E-state index contributed by atoms with van der Waals surface area (Å²) < 4.78 is 2.99. The standard InChI is InChI=1S/C15H13BrN4/c1-20-14-9-5-4-8-13(14)18-15(20)10-17-19-12-7-3-2-6-11(12)16/h2-10,19H,1H3/b17-10-. The first-order valence-electron chi connectivity index (χ1n) is 6.21. The second kappa shape index (κ2) is 5.46. The van der Waals surface area contributed by atoms with Gasteiger partial charge in [0, 0.05) is 11.5 Å². The van der Waals surface area contributed by atoms with Crippen LogP contribution in [0.5, 0.6) is 0 Å². The van der Waals surface area contributed by atoms with Crippen molar-refractivity contribution in [3.63, 3.8) is 0 Å². The van der Waals surface area contributed by atoms with Crippen LogP contribution in [-0.2, 0) is 7.05 Å². The van der Waals surface area contributed by atoms with Gasteiger partial charge < -0.3 is 4.57 Å². The maximum Gasteiger partial charge on any atom is 0.153 e. The van der Waals surface area contributed by atoms with Gasteiger partial charge in [0.25, 0.3) is 0 Å². The number of imidazole rings is 1. The second-order valence-electron chi connectivity index (χ2n) is 4.37. The number of aryl methyl sites for hydroxylation is 1. The third kappa shape index (κ3) is 2.44. The van der Waals surface area contributed by atoms with Crippen molar-refractivity contribution in [2.75, 3.05) is 5.43 Å². The van der Waals surface area contributed by atoms with Gasteiger partial charge in [0.2, 0.25) is 0 Å². The van der Waals surface area contributed by atoms with Gasteiger partial charge in [0.05, 0.1) is 22.9 Å². The lowest BCUT2D eigenvalue weighted by molar-refractivity contribution is 0.934. The monoisotopic (exact) mass is 328 g/mol. The topological polar surface area (TPSA) is 42.2 Å².